The normalized spacial score (nSPS) is 23.4. The van der Waals surface area contributed by atoms with E-state index in [1.54, 1.807) is 11.3 Å². The summed E-state index contributed by atoms with van der Waals surface area (Å²) in [7, 11) is 0. The summed E-state index contributed by atoms with van der Waals surface area (Å²) in [5.74, 6) is 0.598. The first kappa shape index (κ1) is 10.9. The van der Waals surface area contributed by atoms with Crippen LogP contribution >= 0.6 is 11.3 Å². The number of aromatic nitrogens is 1. The zero-order chi connectivity index (χ0) is 11.8. The van der Waals surface area contributed by atoms with Gasteiger partial charge in [0.15, 0.2) is 0 Å². The Morgan fingerprint density at radius 3 is 2.59 bits per heavy atom. The van der Waals surface area contributed by atoms with Gasteiger partial charge in [-0.15, -0.1) is 11.3 Å². The molecule has 0 amide bonds. The molecule has 2 nitrogen and oxygen atoms in total. The van der Waals surface area contributed by atoms with E-state index in [4.69, 9.17) is 10.7 Å². The van der Waals surface area contributed by atoms with Crippen LogP contribution in [0, 0.1) is 6.92 Å². The van der Waals surface area contributed by atoms with Crippen LogP contribution in [0.3, 0.4) is 0 Å². The highest BCUT2D eigenvalue weighted by atomic mass is 32.1. The number of hydrogen-bond acceptors (Lipinski definition) is 3. The lowest BCUT2D eigenvalue weighted by molar-refractivity contribution is 0.346. The highest BCUT2D eigenvalue weighted by Gasteiger charge is 2.29. The average molecular weight is 244 g/mol. The number of nitrogens with two attached hydrogens (primary N) is 1. The molecule has 1 aromatic heterocycles. The van der Waals surface area contributed by atoms with Gasteiger partial charge >= 0.3 is 0 Å². The van der Waals surface area contributed by atoms with Gasteiger partial charge in [0.1, 0.15) is 5.01 Å². The molecule has 0 radical (unpaired) electrons. The molecule has 1 aromatic carbocycles. The summed E-state index contributed by atoms with van der Waals surface area (Å²) in [5, 5.41) is 3.31. The fourth-order valence-electron chi connectivity index (χ4n) is 2.21. The third kappa shape index (κ3) is 2.13. The molecule has 3 rings (SSSR count). The van der Waals surface area contributed by atoms with Gasteiger partial charge in [0.05, 0.1) is 5.69 Å². The molecule has 0 aliphatic heterocycles. The van der Waals surface area contributed by atoms with Gasteiger partial charge in [-0.05, 0) is 19.8 Å². The lowest BCUT2D eigenvalue weighted by Gasteiger charge is -2.30. The van der Waals surface area contributed by atoms with Gasteiger partial charge in [-0.1, -0.05) is 29.8 Å². The van der Waals surface area contributed by atoms with Gasteiger partial charge in [-0.3, -0.25) is 0 Å². The SMILES string of the molecule is Cc1ccc(-c2nc(C3CC(N)C3)cs2)cc1. The molecule has 0 atom stereocenters. The van der Waals surface area contributed by atoms with E-state index in [9.17, 15) is 0 Å². The summed E-state index contributed by atoms with van der Waals surface area (Å²) in [6, 6.07) is 8.95. The Hall–Kier alpha value is -1.19. The van der Waals surface area contributed by atoms with Gasteiger partial charge in [-0.2, -0.15) is 0 Å². The summed E-state index contributed by atoms with van der Waals surface area (Å²) in [6.07, 6.45) is 2.19. The van der Waals surface area contributed by atoms with Crippen molar-refractivity contribution < 1.29 is 0 Å². The largest absolute Gasteiger partial charge is 0.328 e. The topological polar surface area (TPSA) is 38.9 Å². The number of nitrogens with zero attached hydrogens (tertiary/aromatic N) is 1. The molecule has 1 saturated carbocycles. The van der Waals surface area contributed by atoms with Crippen molar-refractivity contribution in [3.05, 3.63) is 40.9 Å². The molecular weight excluding hydrogens is 228 g/mol. The van der Waals surface area contributed by atoms with Crippen molar-refractivity contribution in [1.29, 1.82) is 0 Å². The molecule has 1 aliphatic carbocycles. The Labute approximate surface area is 106 Å². The fraction of sp³-hybridized carbons (Fsp3) is 0.357. The van der Waals surface area contributed by atoms with Gasteiger partial charge in [0.2, 0.25) is 0 Å². The average Bonchev–Trinajstić information content (AvgIpc) is 2.75. The maximum absolute atomic E-state index is 5.82. The second-order valence-electron chi connectivity index (χ2n) is 4.87. The molecule has 17 heavy (non-hydrogen) atoms. The van der Waals surface area contributed by atoms with Gasteiger partial charge in [0, 0.05) is 22.9 Å². The zero-order valence-electron chi connectivity index (χ0n) is 9.89. The predicted octanol–water partition coefficient (Wildman–Crippen LogP) is 3.32. The van der Waals surface area contributed by atoms with E-state index in [2.05, 4.69) is 36.6 Å². The van der Waals surface area contributed by atoms with Crippen LogP contribution in [0.1, 0.15) is 30.0 Å². The summed E-state index contributed by atoms with van der Waals surface area (Å²) >= 11 is 1.74. The first-order chi connectivity index (χ1) is 8.22. The zero-order valence-corrected chi connectivity index (χ0v) is 10.7. The lowest BCUT2D eigenvalue weighted by Crippen LogP contribution is -2.34. The molecule has 88 valence electrons. The number of rotatable bonds is 2. The van der Waals surface area contributed by atoms with E-state index in [1.165, 1.54) is 16.8 Å². The second kappa shape index (κ2) is 4.24. The molecule has 1 heterocycles. The Kier molecular flexibility index (Phi) is 2.73. The highest BCUT2D eigenvalue weighted by molar-refractivity contribution is 7.13. The van der Waals surface area contributed by atoms with Crippen LogP contribution in [0.5, 0.6) is 0 Å². The van der Waals surface area contributed by atoms with Crippen molar-refractivity contribution in [3.8, 4) is 10.6 Å². The van der Waals surface area contributed by atoms with Crippen LogP contribution in [0.25, 0.3) is 10.6 Å². The lowest BCUT2D eigenvalue weighted by atomic mass is 9.79. The molecule has 0 saturated heterocycles. The molecule has 0 spiro atoms. The molecule has 1 fully saturated rings. The van der Waals surface area contributed by atoms with Crippen molar-refractivity contribution in [3.63, 3.8) is 0 Å². The highest BCUT2D eigenvalue weighted by Crippen LogP contribution is 2.37. The number of hydrogen-bond donors (Lipinski definition) is 1. The molecule has 0 unspecified atom stereocenters. The first-order valence-corrected chi connectivity index (χ1v) is 6.88. The summed E-state index contributed by atoms with van der Waals surface area (Å²) in [4.78, 5) is 4.73. The minimum atomic E-state index is 0.393. The maximum atomic E-state index is 5.82. The Balaban J connectivity index is 1.82. The van der Waals surface area contributed by atoms with E-state index in [0.29, 0.717) is 12.0 Å². The van der Waals surface area contributed by atoms with Crippen molar-refractivity contribution in [1.82, 2.24) is 4.98 Å². The van der Waals surface area contributed by atoms with Gasteiger partial charge in [-0.25, -0.2) is 4.98 Å². The van der Waals surface area contributed by atoms with Crippen LogP contribution < -0.4 is 5.73 Å². The number of benzene rings is 1. The Bertz CT molecular complexity index is 509. The molecule has 3 heteroatoms. The summed E-state index contributed by atoms with van der Waals surface area (Å²) in [6.45, 7) is 2.10. The van der Waals surface area contributed by atoms with E-state index in [1.807, 2.05) is 0 Å². The first-order valence-electron chi connectivity index (χ1n) is 6.00. The predicted molar refractivity (Wildman–Crippen MR) is 72.2 cm³/mol. The van der Waals surface area contributed by atoms with Crippen molar-refractivity contribution in [2.24, 2.45) is 5.73 Å². The Morgan fingerprint density at radius 2 is 1.94 bits per heavy atom. The van der Waals surface area contributed by atoms with Gasteiger partial charge in [0.25, 0.3) is 0 Å². The smallest absolute Gasteiger partial charge is 0.123 e. The van der Waals surface area contributed by atoms with Crippen LogP contribution in [0.15, 0.2) is 29.6 Å². The second-order valence-corrected chi connectivity index (χ2v) is 5.73. The quantitative estimate of drug-likeness (QED) is 0.880. The number of thiazole rings is 1. The number of aryl methyl sites for hydroxylation is 1. The van der Waals surface area contributed by atoms with Crippen LogP contribution in [0.4, 0.5) is 0 Å². The summed E-state index contributed by atoms with van der Waals surface area (Å²) < 4.78 is 0. The maximum Gasteiger partial charge on any atom is 0.123 e. The van der Waals surface area contributed by atoms with Crippen LogP contribution in [0.2, 0.25) is 0 Å². The summed E-state index contributed by atoms with van der Waals surface area (Å²) in [5.41, 5.74) is 9.55. The standard InChI is InChI=1S/C14H16N2S/c1-9-2-4-10(5-3-9)14-16-13(8-17-14)11-6-12(15)7-11/h2-5,8,11-12H,6-7,15H2,1H3. The van der Waals surface area contributed by atoms with Crippen molar-refractivity contribution in [2.45, 2.75) is 31.7 Å². The van der Waals surface area contributed by atoms with E-state index in [0.717, 1.165) is 17.8 Å². The molecule has 0 bridgehead atoms. The van der Waals surface area contributed by atoms with Crippen molar-refractivity contribution >= 4 is 11.3 Å². The molecular formula is C14H16N2S. The minimum Gasteiger partial charge on any atom is -0.328 e. The molecule has 2 aromatic rings. The molecule has 1 aliphatic rings. The fourth-order valence-corrected chi connectivity index (χ4v) is 3.11. The van der Waals surface area contributed by atoms with Crippen molar-refractivity contribution in [2.75, 3.05) is 0 Å². The van der Waals surface area contributed by atoms with Crippen LogP contribution in [-0.2, 0) is 0 Å². The van der Waals surface area contributed by atoms with E-state index < -0.39 is 0 Å². The van der Waals surface area contributed by atoms with Gasteiger partial charge < -0.3 is 5.73 Å². The Morgan fingerprint density at radius 1 is 1.24 bits per heavy atom. The molecule has 2 N–H and O–H groups in total. The van der Waals surface area contributed by atoms with E-state index >= 15 is 0 Å². The third-order valence-corrected chi connectivity index (χ3v) is 4.32. The van der Waals surface area contributed by atoms with E-state index in [-0.39, 0.29) is 0 Å². The van der Waals surface area contributed by atoms with Crippen LogP contribution in [-0.4, -0.2) is 11.0 Å². The third-order valence-electron chi connectivity index (χ3n) is 3.41. The minimum absolute atomic E-state index is 0.393. The monoisotopic (exact) mass is 244 g/mol.